The van der Waals surface area contributed by atoms with Gasteiger partial charge in [-0.05, 0) is 53.7 Å². The molecule has 5 heteroatoms. The van der Waals surface area contributed by atoms with Crippen LogP contribution in [0.5, 0.6) is 0 Å². The predicted molar refractivity (Wildman–Crippen MR) is 117 cm³/mol. The van der Waals surface area contributed by atoms with E-state index in [2.05, 4.69) is 25.7 Å². The minimum absolute atomic E-state index is 0.127. The molecule has 1 aliphatic carbocycles. The summed E-state index contributed by atoms with van der Waals surface area (Å²) in [5.74, 6) is 0.127. The molecule has 2 atom stereocenters. The fraction of sp³-hybridized carbons (Fsp3) is 0.417. The molecule has 4 nitrogen and oxygen atoms in total. The SMILES string of the molecule is CC1(C)C[C@H]2C[C@@](C)(CN2C(=O)c2cn(-c3ccccc3)nc2-c2cccs2)C1. The van der Waals surface area contributed by atoms with Gasteiger partial charge in [-0.15, -0.1) is 11.3 Å². The van der Waals surface area contributed by atoms with Crippen LogP contribution >= 0.6 is 11.3 Å². The molecule has 3 heterocycles. The molecule has 2 bridgehead atoms. The normalized spacial score (nSPS) is 25.3. The fourth-order valence-electron chi connectivity index (χ4n) is 5.69. The molecule has 1 aliphatic heterocycles. The first kappa shape index (κ1) is 18.6. The van der Waals surface area contributed by atoms with E-state index in [1.165, 1.54) is 6.42 Å². The van der Waals surface area contributed by atoms with Gasteiger partial charge in [-0.1, -0.05) is 45.0 Å². The van der Waals surface area contributed by atoms with Gasteiger partial charge in [0.1, 0.15) is 5.69 Å². The van der Waals surface area contributed by atoms with Gasteiger partial charge in [0.2, 0.25) is 0 Å². The Morgan fingerprint density at radius 2 is 1.90 bits per heavy atom. The second kappa shape index (κ2) is 6.56. The van der Waals surface area contributed by atoms with Crippen LogP contribution in [0.4, 0.5) is 0 Å². The van der Waals surface area contributed by atoms with Crippen LogP contribution in [0.25, 0.3) is 16.3 Å². The van der Waals surface area contributed by atoms with Crippen LogP contribution in [-0.4, -0.2) is 33.2 Å². The highest BCUT2D eigenvalue weighted by Crippen LogP contribution is 2.52. The van der Waals surface area contributed by atoms with E-state index >= 15 is 0 Å². The molecule has 0 N–H and O–H groups in total. The fourth-order valence-corrected chi connectivity index (χ4v) is 6.41. The number of hydrogen-bond donors (Lipinski definition) is 0. The summed E-state index contributed by atoms with van der Waals surface area (Å²) >= 11 is 1.63. The smallest absolute Gasteiger partial charge is 0.258 e. The highest BCUT2D eigenvalue weighted by Gasteiger charge is 2.51. The Hall–Kier alpha value is -2.40. The molecule has 2 fully saturated rings. The Morgan fingerprint density at radius 3 is 2.62 bits per heavy atom. The van der Waals surface area contributed by atoms with Crippen molar-refractivity contribution >= 4 is 17.2 Å². The first-order valence-electron chi connectivity index (χ1n) is 10.3. The van der Waals surface area contributed by atoms with Crippen LogP contribution < -0.4 is 0 Å². The number of thiophene rings is 1. The summed E-state index contributed by atoms with van der Waals surface area (Å²) in [4.78, 5) is 17.0. The summed E-state index contributed by atoms with van der Waals surface area (Å²) in [6, 6.07) is 14.4. The lowest BCUT2D eigenvalue weighted by Crippen LogP contribution is -2.37. The number of hydrogen-bond acceptors (Lipinski definition) is 3. The average Bonchev–Trinajstić information content (AvgIpc) is 3.38. The van der Waals surface area contributed by atoms with Crippen LogP contribution in [0.3, 0.4) is 0 Å². The quantitative estimate of drug-likeness (QED) is 0.565. The third kappa shape index (κ3) is 3.31. The van der Waals surface area contributed by atoms with Crippen molar-refractivity contribution in [2.24, 2.45) is 10.8 Å². The van der Waals surface area contributed by atoms with E-state index < -0.39 is 0 Å². The molecule has 1 saturated heterocycles. The number of nitrogens with zero attached hydrogens (tertiary/aromatic N) is 3. The maximum Gasteiger partial charge on any atom is 0.258 e. The van der Waals surface area contributed by atoms with Crippen LogP contribution in [-0.2, 0) is 0 Å². The van der Waals surface area contributed by atoms with E-state index in [9.17, 15) is 4.79 Å². The highest BCUT2D eigenvalue weighted by molar-refractivity contribution is 7.13. The number of likely N-dealkylation sites (tertiary alicyclic amines) is 1. The zero-order valence-electron chi connectivity index (χ0n) is 17.3. The van der Waals surface area contributed by atoms with Crippen molar-refractivity contribution in [3.8, 4) is 16.3 Å². The molecule has 0 unspecified atom stereocenters. The van der Waals surface area contributed by atoms with Crippen LogP contribution in [0.2, 0.25) is 0 Å². The van der Waals surface area contributed by atoms with Gasteiger partial charge in [0.05, 0.1) is 16.1 Å². The molecular formula is C24H27N3OS. The summed E-state index contributed by atoms with van der Waals surface area (Å²) in [7, 11) is 0. The van der Waals surface area contributed by atoms with E-state index in [-0.39, 0.29) is 16.7 Å². The molecule has 29 heavy (non-hydrogen) atoms. The minimum atomic E-state index is 0.127. The summed E-state index contributed by atoms with van der Waals surface area (Å²) in [5.41, 5.74) is 2.99. The van der Waals surface area contributed by atoms with E-state index in [4.69, 9.17) is 5.10 Å². The van der Waals surface area contributed by atoms with Gasteiger partial charge in [-0.2, -0.15) is 5.10 Å². The lowest BCUT2D eigenvalue weighted by Gasteiger charge is -2.39. The van der Waals surface area contributed by atoms with Gasteiger partial charge in [0.15, 0.2) is 0 Å². The molecule has 0 spiro atoms. The topological polar surface area (TPSA) is 38.1 Å². The molecule has 3 aromatic rings. The number of benzene rings is 1. The number of fused-ring (bicyclic) bond motifs is 2. The molecule has 150 valence electrons. The Kier molecular flexibility index (Phi) is 4.21. The second-order valence-electron chi connectivity index (χ2n) is 9.80. The Morgan fingerprint density at radius 1 is 1.10 bits per heavy atom. The number of para-hydroxylation sites is 1. The summed E-state index contributed by atoms with van der Waals surface area (Å²) in [6.45, 7) is 7.88. The zero-order chi connectivity index (χ0) is 20.2. The Bertz CT molecular complexity index is 1040. The van der Waals surface area contributed by atoms with E-state index in [1.54, 1.807) is 11.3 Å². The maximum atomic E-state index is 13.8. The maximum absolute atomic E-state index is 13.8. The average molecular weight is 406 g/mol. The van der Waals surface area contributed by atoms with Crippen molar-refractivity contribution in [3.63, 3.8) is 0 Å². The van der Waals surface area contributed by atoms with Crippen LogP contribution in [0.15, 0.2) is 54.0 Å². The molecule has 2 aromatic heterocycles. The third-order valence-corrected chi connectivity index (χ3v) is 7.27. The van der Waals surface area contributed by atoms with Gasteiger partial charge in [-0.25, -0.2) is 4.68 Å². The number of amides is 1. The van der Waals surface area contributed by atoms with Crippen molar-refractivity contribution in [1.82, 2.24) is 14.7 Å². The van der Waals surface area contributed by atoms with Gasteiger partial charge >= 0.3 is 0 Å². The molecule has 1 saturated carbocycles. The number of carbonyl (C=O) groups is 1. The van der Waals surface area contributed by atoms with E-state index in [0.29, 0.717) is 11.6 Å². The molecule has 0 radical (unpaired) electrons. The lowest BCUT2D eigenvalue weighted by molar-refractivity contribution is 0.0709. The third-order valence-electron chi connectivity index (χ3n) is 6.40. The van der Waals surface area contributed by atoms with Gasteiger partial charge < -0.3 is 4.90 Å². The highest BCUT2D eigenvalue weighted by atomic mass is 32.1. The molecule has 1 amide bonds. The van der Waals surface area contributed by atoms with Crippen molar-refractivity contribution in [2.75, 3.05) is 6.54 Å². The van der Waals surface area contributed by atoms with Crippen molar-refractivity contribution < 1.29 is 4.79 Å². The number of carbonyl (C=O) groups excluding carboxylic acids is 1. The van der Waals surface area contributed by atoms with Crippen LogP contribution in [0.1, 0.15) is 50.4 Å². The predicted octanol–water partition coefficient (Wildman–Crippen LogP) is 5.64. The van der Waals surface area contributed by atoms with Gasteiger partial charge in [0.25, 0.3) is 5.91 Å². The minimum Gasteiger partial charge on any atom is -0.335 e. The molecule has 5 rings (SSSR count). The van der Waals surface area contributed by atoms with E-state index in [1.807, 2.05) is 58.7 Å². The lowest BCUT2D eigenvalue weighted by atomic mass is 9.65. The largest absolute Gasteiger partial charge is 0.335 e. The summed E-state index contributed by atoms with van der Waals surface area (Å²) in [5, 5.41) is 6.87. The second-order valence-corrected chi connectivity index (χ2v) is 10.7. The molecule has 1 aromatic carbocycles. The van der Waals surface area contributed by atoms with Gasteiger partial charge in [-0.3, -0.25) is 4.79 Å². The molecular weight excluding hydrogens is 378 g/mol. The van der Waals surface area contributed by atoms with E-state index in [0.717, 1.165) is 35.6 Å². The monoisotopic (exact) mass is 405 g/mol. The summed E-state index contributed by atoms with van der Waals surface area (Å²) in [6.07, 6.45) is 5.29. The Balaban J connectivity index is 1.55. The van der Waals surface area contributed by atoms with Crippen LogP contribution in [0, 0.1) is 10.8 Å². The van der Waals surface area contributed by atoms with Gasteiger partial charge in [0, 0.05) is 18.8 Å². The standard InChI is InChI=1S/C24H27N3OS/c1-23(2)12-18-13-24(3,15-23)16-26(18)22(28)19-14-27(17-8-5-4-6-9-17)25-21(19)20-10-7-11-29-20/h4-11,14,18H,12-13,15-16H2,1-3H3/t18-,24+/m0/s1. The zero-order valence-corrected chi connectivity index (χ0v) is 18.1. The van der Waals surface area contributed by atoms with Crippen molar-refractivity contribution in [3.05, 3.63) is 59.6 Å². The summed E-state index contributed by atoms with van der Waals surface area (Å²) < 4.78 is 1.84. The first-order chi connectivity index (χ1) is 13.8. The van der Waals surface area contributed by atoms with Crippen molar-refractivity contribution in [1.29, 1.82) is 0 Å². The number of aromatic nitrogens is 2. The first-order valence-corrected chi connectivity index (χ1v) is 11.2. The number of rotatable bonds is 3. The van der Waals surface area contributed by atoms with Crippen molar-refractivity contribution in [2.45, 2.75) is 46.1 Å². The molecule has 2 aliphatic rings. The Labute approximate surface area is 176 Å².